The molecule has 0 aliphatic carbocycles. The molecule has 9 nitrogen and oxygen atoms in total. The summed E-state index contributed by atoms with van der Waals surface area (Å²) in [7, 11) is 0. The van der Waals surface area contributed by atoms with Crippen molar-refractivity contribution in [1.29, 1.82) is 0 Å². The van der Waals surface area contributed by atoms with E-state index >= 15 is 0 Å². The minimum atomic E-state index is -0.492. The molecule has 188 valence electrons. The zero-order chi connectivity index (χ0) is 24.8. The van der Waals surface area contributed by atoms with Gasteiger partial charge in [0.25, 0.3) is 0 Å². The number of nitrogens with zero attached hydrogens (tertiary/aromatic N) is 6. The Balaban J connectivity index is 1.45. The highest BCUT2D eigenvalue weighted by Crippen LogP contribution is 2.28. The number of para-hydroxylation sites is 1. The molecule has 1 aromatic carbocycles. The number of amides is 1. The van der Waals surface area contributed by atoms with Gasteiger partial charge >= 0.3 is 6.09 Å². The second kappa shape index (κ2) is 11.0. The van der Waals surface area contributed by atoms with Gasteiger partial charge in [-0.15, -0.1) is 0 Å². The number of anilines is 1. The zero-order valence-electron chi connectivity index (χ0n) is 21.1. The number of carbonyl (C=O) groups excluding carboxylic acids is 1. The molecule has 0 saturated carbocycles. The number of carbonyl (C=O) groups is 1. The third kappa shape index (κ3) is 6.48. The second-order valence-corrected chi connectivity index (χ2v) is 10.0. The van der Waals surface area contributed by atoms with E-state index in [-0.39, 0.29) is 6.09 Å². The summed E-state index contributed by atoms with van der Waals surface area (Å²) >= 11 is 0. The topological polar surface area (TPSA) is 102 Å². The Labute approximate surface area is 207 Å². The van der Waals surface area contributed by atoms with Gasteiger partial charge in [-0.2, -0.15) is 5.10 Å². The number of aryl methyl sites for hydroxylation is 1. The van der Waals surface area contributed by atoms with Gasteiger partial charge in [0.2, 0.25) is 0 Å². The largest absolute Gasteiger partial charge is 0.444 e. The predicted molar refractivity (Wildman–Crippen MR) is 138 cm³/mol. The van der Waals surface area contributed by atoms with E-state index in [1.54, 1.807) is 4.90 Å². The van der Waals surface area contributed by atoms with Crippen LogP contribution >= 0.6 is 0 Å². The van der Waals surface area contributed by atoms with E-state index in [1.165, 1.54) is 0 Å². The monoisotopic (exact) mass is 479 g/mol. The smallest absolute Gasteiger partial charge is 0.410 e. The van der Waals surface area contributed by atoms with Gasteiger partial charge in [-0.25, -0.2) is 9.78 Å². The Hall–Kier alpha value is -3.20. The maximum atomic E-state index is 12.4. The van der Waals surface area contributed by atoms with E-state index < -0.39 is 5.60 Å². The molecule has 3 heterocycles. The Morgan fingerprint density at radius 3 is 2.57 bits per heavy atom. The summed E-state index contributed by atoms with van der Waals surface area (Å²) in [6.45, 7) is 9.96. The van der Waals surface area contributed by atoms with Crippen molar-refractivity contribution in [1.82, 2.24) is 24.6 Å². The number of rotatable bonds is 8. The fourth-order valence-corrected chi connectivity index (χ4v) is 4.26. The van der Waals surface area contributed by atoms with Crippen LogP contribution in [-0.2, 0) is 11.3 Å². The second-order valence-electron chi connectivity index (χ2n) is 10.0. The molecule has 1 saturated heterocycles. The van der Waals surface area contributed by atoms with E-state index in [4.69, 9.17) is 15.5 Å². The van der Waals surface area contributed by atoms with Crippen molar-refractivity contribution >= 4 is 22.8 Å². The van der Waals surface area contributed by atoms with E-state index in [1.807, 2.05) is 56.2 Å². The third-order valence-electron chi connectivity index (χ3n) is 6.09. The number of nitrogens with two attached hydrogens (primary N) is 1. The van der Waals surface area contributed by atoms with E-state index in [0.29, 0.717) is 26.2 Å². The molecule has 1 aliphatic rings. The first-order valence-corrected chi connectivity index (χ1v) is 12.6. The number of unbranched alkanes of at least 4 members (excludes halogenated alkanes) is 3. The number of piperazine rings is 1. The molecular weight excluding hydrogens is 442 g/mol. The fraction of sp³-hybridized carbons (Fsp3) is 0.538. The molecule has 1 aliphatic heterocycles. The Bertz CT molecular complexity index is 1130. The van der Waals surface area contributed by atoms with Crippen LogP contribution < -0.4 is 10.6 Å². The standard InChI is InChI=1S/C26H37N7O2/c1-26(2,3)35-25(34)32-15-13-31(14-16-32)23-10-8-9-21-24(23)30-22(18-28-21)20-17-29-33(19-20)12-7-5-4-6-11-27/h8-10,17-19H,4-7,11-16,27H2,1-3H3. The molecule has 2 N–H and O–H groups in total. The molecular formula is C26H37N7O2. The molecule has 35 heavy (non-hydrogen) atoms. The lowest BCUT2D eigenvalue weighted by atomic mass is 10.2. The Kier molecular flexibility index (Phi) is 7.85. The van der Waals surface area contributed by atoms with E-state index in [2.05, 4.69) is 21.0 Å². The SMILES string of the molecule is CC(C)(C)OC(=O)N1CCN(c2cccc3ncc(-c4cnn(CCCCCCN)c4)nc23)CC1. The average Bonchev–Trinajstić information content (AvgIpc) is 3.31. The lowest BCUT2D eigenvalue weighted by Gasteiger charge is -2.36. The van der Waals surface area contributed by atoms with Crippen LogP contribution in [-0.4, -0.2) is 69.1 Å². The van der Waals surface area contributed by atoms with Crippen LogP contribution in [0.15, 0.2) is 36.8 Å². The first kappa shape index (κ1) is 24.9. The third-order valence-corrected chi connectivity index (χ3v) is 6.09. The van der Waals surface area contributed by atoms with Crippen molar-refractivity contribution in [3.63, 3.8) is 0 Å². The zero-order valence-corrected chi connectivity index (χ0v) is 21.1. The van der Waals surface area contributed by atoms with Crippen LogP contribution in [0.1, 0.15) is 46.5 Å². The number of aromatic nitrogens is 4. The summed E-state index contributed by atoms with van der Waals surface area (Å²) in [4.78, 5) is 26.1. The van der Waals surface area contributed by atoms with Gasteiger partial charge in [0, 0.05) is 44.5 Å². The molecule has 0 unspecified atom stereocenters. The molecule has 1 fully saturated rings. The minimum absolute atomic E-state index is 0.256. The normalized spacial score (nSPS) is 14.5. The molecule has 9 heteroatoms. The summed E-state index contributed by atoms with van der Waals surface area (Å²) in [5, 5.41) is 4.52. The van der Waals surface area contributed by atoms with Crippen LogP contribution in [0.25, 0.3) is 22.3 Å². The molecule has 0 bridgehead atoms. The molecule has 2 aromatic heterocycles. The van der Waals surface area contributed by atoms with Gasteiger partial charge in [-0.1, -0.05) is 18.9 Å². The molecule has 4 rings (SSSR count). The predicted octanol–water partition coefficient (Wildman–Crippen LogP) is 4.07. The molecule has 3 aromatic rings. The average molecular weight is 480 g/mol. The number of hydrogen-bond acceptors (Lipinski definition) is 7. The Morgan fingerprint density at radius 2 is 1.83 bits per heavy atom. The number of fused-ring (bicyclic) bond motifs is 1. The van der Waals surface area contributed by atoms with Crippen LogP contribution in [0.2, 0.25) is 0 Å². The first-order chi connectivity index (χ1) is 16.8. The van der Waals surface area contributed by atoms with E-state index in [0.717, 1.165) is 66.8 Å². The summed E-state index contributed by atoms with van der Waals surface area (Å²) in [6, 6.07) is 6.07. The summed E-state index contributed by atoms with van der Waals surface area (Å²) in [6.07, 6.45) is 9.95. The molecule has 0 radical (unpaired) electrons. The fourth-order valence-electron chi connectivity index (χ4n) is 4.26. The van der Waals surface area contributed by atoms with Crippen LogP contribution in [0, 0.1) is 0 Å². The summed E-state index contributed by atoms with van der Waals surface area (Å²) in [5.41, 5.74) is 9.61. The van der Waals surface area contributed by atoms with Crippen molar-refractivity contribution in [2.75, 3.05) is 37.6 Å². The van der Waals surface area contributed by atoms with Crippen molar-refractivity contribution < 1.29 is 9.53 Å². The van der Waals surface area contributed by atoms with Crippen LogP contribution in [0.3, 0.4) is 0 Å². The summed E-state index contributed by atoms with van der Waals surface area (Å²) in [5.74, 6) is 0. The van der Waals surface area contributed by atoms with Gasteiger partial charge in [0.1, 0.15) is 11.1 Å². The lowest BCUT2D eigenvalue weighted by Crippen LogP contribution is -2.50. The minimum Gasteiger partial charge on any atom is -0.444 e. The van der Waals surface area contributed by atoms with Crippen molar-refractivity contribution in [2.24, 2.45) is 5.73 Å². The number of benzene rings is 1. The summed E-state index contributed by atoms with van der Waals surface area (Å²) < 4.78 is 7.51. The first-order valence-electron chi connectivity index (χ1n) is 12.6. The van der Waals surface area contributed by atoms with Crippen molar-refractivity contribution in [3.05, 3.63) is 36.8 Å². The van der Waals surface area contributed by atoms with Gasteiger partial charge in [-0.3, -0.25) is 9.67 Å². The van der Waals surface area contributed by atoms with Crippen molar-refractivity contribution in [3.8, 4) is 11.3 Å². The Morgan fingerprint density at radius 1 is 1.06 bits per heavy atom. The highest BCUT2D eigenvalue weighted by atomic mass is 16.6. The van der Waals surface area contributed by atoms with Gasteiger partial charge in [-0.05, 0) is 52.3 Å². The molecule has 0 spiro atoms. The lowest BCUT2D eigenvalue weighted by molar-refractivity contribution is 0.0240. The quantitative estimate of drug-likeness (QED) is 0.486. The highest BCUT2D eigenvalue weighted by molar-refractivity contribution is 5.89. The van der Waals surface area contributed by atoms with Crippen LogP contribution in [0.4, 0.5) is 10.5 Å². The van der Waals surface area contributed by atoms with Crippen molar-refractivity contribution in [2.45, 2.75) is 58.6 Å². The highest BCUT2D eigenvalue weighted by Gasteiger charge is 2.26. The molecule has 1 amide bonds. The van der Waals surface area contributed by atoms with E-state index in [9.17, 15) is 4.79 Å². The number of hydrogen-bond donors (Lipinski definition) is 1. The van der Waals surface area contributed by atoms with Gasteiger partial charge in [0.05, 0.1) is 29.3 Å². The molecule has 0 atom stereocenters. The maximum Gasteiger partial charge on any atom is 0.410 e. The number of ether oxygens (including phenoxy) is 1. The van der Waals surface area contributed by atoms with Crippen LogP contribution in [0.5, 0.6) is 0 Å². The van der Waals surface area contributed by atoms with Gasteiger partial charge < -0.3 is 20.3 Å². The van der Waals surface area contributed by atoms with Gasteiger partial charge in [0.15, 0.2) is 0 Å². The maximum absolute atomic E-state index is 12.4.